The molecular weight excluding hydrogens is 318 g/mol. The van der Waals surface area contributed by atoms with Gasteiger partial charge in [-0.05, 0) is 31.0 Å². The Morgan fingerprint density at radius 1 is 1.17 bits per heavy atom. The Kier molecular flexibility index (Phi) is 5.34. The molecule has 0 fully saturated rings. The normalized spacial score (nSPS) is 12.0. The Morgan fingerprint density at radius 3 is 2.35 bits per heavy atom. The first-order chi connectivity index (χ1) is 10.9. The van der Waals surface area contributed by atoms with E-state index in [1.807, 2.05) is 18.2 Å². The van der Waals surface area contributed by atoms with E-state index in [-0.39, 0.29) is 16.8 Å². The second-order valence-electron chi connectivity index (χ2n) is 5.29. The Hall–Kier alpha value is -2.40. The number of esters is 1. The van der Waals surface area contributed by atoms with Gasteiger partial charge < -0.3 is 4.74 Å². The number of carbonyl (C=O) groups is 1. The second-order valence-corrected chi connectivity index (χ2v) is 5.70. The van der Waals surface area contributed by atoms with Crippen LogP contribution in [0.4, 0.5) is 5.69 Å². The topological polar surface area (TPSA) is 69.4 Å². The van der Waals surface area contributed by atoms with Gasteiger partial charge in [0, 0.05) is 12.1 Å². The summed E-state index contributed by atoms with van der Waals surface area (Å²) in [7, 11) is 0. The lowest BCUT2D eigenvalue weighted by Gasteiger charge is -2.19. The fourth-order valence-electron chi connectivity index (χ4n) is 2.25. The summed E-state index contributed by atoms with van der Waals surface area (Å²) >= 11 is 6.19. The molecule has 1 atom stereocenters. The number of non-ortho nitro benzene ring substituents is 1. The highest BCUT2D eigenvalue weighted by Gasteiger charge is 2.28. The monoisotopic (exact) mass is 333 g/mol. The average molecular weight is 334 g/mol. The number of ether oxygens (including phenoxy) is 1. The number of hydrogen-bond acceptors (Lipinski definition) is 4. The quantitative estimate of drug-likeness (QED) is 0.464. The highest BCUT2D eigenvalue weighted by Crippen LogP contribution is 2.34. The van der Waals surface area contributed by atoms with E-state index < -0.39 is 16.8 Å². The van der Waals surface area contributed by atoms with Crippen molar-refractivity contribution in [3.05, 3.63) is 74.8 Å². The van der Waals surface area contributed by atoms with Crippen LogP contribution in [0.15, 0.2) is 48.5 Å². The summed E-state index contributed by atoms with van der Waals surface area (Å²) in [5.41, 5.74) is 1.07. The number of nitro benzene ring substituents is 1. The van der Waals surface area contributed by atoms with Gasteiger partial charge in [-0.15, -0.1) is 0 Å². The minimum absolute atomic E-state index is 0.122. The molecule has 0 aliphatic heterocycles. The van der Waals surface area contributed by atoms with Crippen LogP contribution in [-0.4, -0.2) is 17.0 Å². The smallest absolute Gasteiger partial charge is 0.318 e. The molecule has 120 valence electrons. The van der Waals surface area contributed by atoms with Crippen molar-refractivity contribution in [1.82, 2.24) is 0 Å². The van der Waals surface area contributed by atoms with Crippen LogP contribution in [0.1, 0.15) is 30.9 Å². The van der Waals surface area contributed by atoms with Crippen molar-refractivity contribution in [2.24, 2.45) is 0 Å². The standard InChI is InChI=1S/C17H16ClNO4/c1-11(2)23-17(20)16(12-6-4-3-5-7-12)14-9-8-13(19(21)22)10-15(14)18/h3-11,16H,1-2H3/t16-/m0/s1. The fourth-order valence-corrected chi connectivity index (χ4v) is 2.54. The third kappa shape index (κ3) is 4.07. The van der Waals surface area contributed by atoms with Gasteiger partial charge in [0.15, 0.2) is 0 Å². The minimum Gasteiger partial charge on any atom is -0.462 e. The molecule has 5 nitrogen and oxygen atoms in total. The zero-order valence-electron chi connectivity index (χ0n) is 12.7. The average Bonchev–Trinajstić information content (AvgIpc) is 2.49. The summed E-state index contributed by atoms with van der Waals surface area (Å²) < 4.78 is 5.32. The lowest BCUT2D eigenvalue weighted by Crippen LogP contribution is -2.21. The molecule has 0 amide bonds. The lowest BCUT2D eigenvalue weighted by molar-refractivity contribution is -0.384. The summed E-state index contributed by atoms with van der Waals surface area (Å²) in [6, 6.07) is 13.1. The van der Waals surface area contributed by atoms with Gasteiger partial charge in [0.1, 0.15) is 5.92 Å². The molecule has 2 aromatic carbocycles. The number of carbonyl (C=O) groups excluding carboxylic acids is 1. The first-order valence-electron chi connectivity index (χ1n) is 7.09. The molecule has 0 saturated carbocycles. The van der Waals surface area contributed by atoms with E-state index >= 15 is 0 Å². The molecule has 0 spiro atoms. The van der Waals surface area contributed by atoms with Gasteiger partial charge in [0.25, 0.3) is 5.69 Å². The molecule has 0 saturated heterocycles. The zero-order chi connectivity index (χ0) is 17.0. The molecule has 0 heterocycles. The van der Waals surface area contributed by atoms with Crippen molar-refractivity contribution in [1.29, 1.82) is 0 Å². The molecule has 2 rings (SSSR count). The minimum atomic E-state index is -0.730. The molecule has 2 aromatic rings. The fraction of sp³-hybridized carbons (Fsp3) is 0.235. The number of rotatable bonds is 5. The van der Waals surface area contributed by atoms with Crippen LogP contribution >= 0.6 is 11.6 Å². The summed E-state index contributed by atoms with van der Waals surface area (Å²) in [5.74, 6) is -1.17. The molecule has 6 heteroatoms. The first-order valence-corrected chi connectivity index (χ1v) is 7.47. The number of nitrogens with zero attached hydrogens (tertiary/aromatic N) is 1. The summed E-state index contributed by atoms with van der Waals surface area (Å²) in [6.45, 7) is 3.52. The van der Waals surface area contributed by atoms with E-state index in [0.29, 0.717) is 11.1 Å². The number of halogens is 1. The van der Waals surface area contributed by atoms with Gasteiger partial charge in [-0.2, -0.15) is 0 Å². The predicted octanol–water partition coefficient (Wildman–Crippen LogP) is 4.33. The van der Waals surface area contributed by atoms with Crippen LogP contribution in [0, 0.1) is 10.1 Å². The van der Waals surface area contributed by atoms with Gasteiger partial charge in [0.2, 0.25) is 0 Å². The van der Waals surface area contributed by atoms with Crippen LogP contribution < -0.4 is 0 Å². The van der Waals surface area contributed by atoms with Crippen LogP contribution in [-0.2, 0) is 9.53 Å². The highest BCUT2D eigenvalue weighted by molar-refractivity contribution is 6.32. The number of nitro groups is 1. The van der Waals surface area contributed by atoms with E-state index in [4.69, 9.17) is 16.3 Å². The Labute approximate surface area is 139 Å². The molecule has 23 heavy (non-hydrogen) atoms. The maximum Gasteiger partial charge on any atom is 0.318 e. The SMILES string of the molecule is CC(C)OC(=O)[C@@H](c1ccccc1)c1ccc([N+](=O)[O-])cc1Cl. The maximum absolute atomic E-state index is 12.5. The van der Waals surface area contributed by atoms with Crippen LogP contribution in [0.25, 0.3) is 0 Å². The largest absolute Gasteiger partial charge is 0.462 e. The van der Waals surface area contributed by atoms with Gasteiger partial charge >= 0.3 is 5.97 Å². The maximum atomic E-state index is 12.5. The third-order valence-electron chi connectivity index (χ3n) is 3.23. The Balaban J connectivity index is 2.50. The molecule has 0 bridgehead atoms. The van der Waals surface area contributed by atoms with Gasteiger partial charge in [-0.1, -0.05) is 41.9 Å². The third-order valence-corrected chi connectivity index (χ3v) is 3.55. The van der Waals surface area contributed by atoms with Crippen molar-refractivity contribution in [2.75, 3.05) is 0 Å². The Bertz CT molecular complexity index is 716. The zero-order valence-corrected chi connectivity index (χ0v) is 13.5. The van der Waals surface area contributed by atoms with E-state index in [2.05, 4.69) is 0 Å². The van der Waals surface area contributed by atoms with Gasteiger partial charge in [0.05, 0.1) is 16.0 Å². The van der Waals surface area contributed by atoms with Crippen LogP contribution in [0.3, 0.4) is 0 Å². The van der Waals surface area contributed by atoms with Gasteiger partial charge in [-0.3, -0.25) is 14.9 Å². The summed E-state index contributed by atoms with van der Waals surface area (Å²) in [5, 5.41) is 11.0. The van der Waals surface area contributed by atoms with E-state index in [0.717, 1.165) is 0 Å². The van der Waals surface area contributed by atoms with Crippen molar-refractivity contribution in [3.63, 3.8) is 0 Å². The lowest BCUT2D eigenvalue weighted by atomic mass is 9.91. The van der Waals surface area contributed by atoms with Crippen LogP contribution in [0.2, 0.25) is 5.02 Å². The summed E-state index contributed by atoms with van der Waals surface area (Å²) in [4.78, 5) is 22.8. The number of hydrogen-bond donors (Lipinski definition) is 0. The molecule has 0 aliphatic rings. The van der Waals surface area contributed by atoms with E-state index in [9.17, 15) is 14.9 Å². The molecule has 0 N–H and O–H groups in total. The summed E-state index contributed by atoms with van der Waals surface area (Å²) in [6.07, 6.45) is -0.273. The van der Waals surface area contributed by atoms with Crippen molar-refractivity contribution < 1.29 is 14.5 Å². The van der Waals surface area contributed by atoms with E-state index in [1.54, 1.807) is 26.0 Å². The molecular formula is C17H16ClNO4. The predicted molar refractivity (Wildman–Crippen MR) is 87.6 cm³/mol. The van der Waals surface area contributed by atoms with Crippen molar-refractivity contribution in [2.45, 2.75) is 25.9 Å². The molecule has 0 unspecified atom stereocenters. The van der Waals surface area contributed by atoms with Crippen molar-refractivity contribution >= 4 is 23.3 Å². The van der Waals surface area contributed by atoms with Crippen molar-refractivity contribution in [3.8, 4) is 0 Å². The van der Waals surface area contributed by atoms with Gasteiger partial charge in [-0.25, -0.2) is 0 Å². The highest BCUT2D eigenvalue weighted by atomic mass is 35.5. The second kappa shape index (κ2) is 7.24. The molecule has 0 aromatic heterocycles. The van der Waals surface area contributed by atoms with Crippen LogP contribution in [0.5, 0.6) is 0 Å². The first kappa shape index (κ1) is 17.0. The van der Waals surface area contributed by atoms with E-state index in [1.165, 1.54) is 18.2 Å². The molecule has 0 radical (unpaired) electrons. The Morgan fingerprint density at radius 2 is 1.83 bits per heavy atom. The molecule has 0 aliphatic carbocycles. The number of benzene rings is 2.